The van der Waals surface area contributed by atoms with E-state index >= 15 is 0 Å². The van der Waals surface area contributed by atoms with Crippen molar-refractivity contribution in [3.63, 3.8) is 0 Å². The second-order valence-corrected chi connectivity index (χ2v) is 9.01. The van der Waals surface area contributed by atoms with Crippen molar-refractivity contribution in [1.29, 1.82) is 0 Å². The number of esters is 1. The SMILES string of the molecule is COc1ccc(COC/C=C(/C)c2cc3c(O)c(c2)-c2c(ccc4c2OC(=O)[C@H](C)CC4)O3)cc1. The molecule has 2 aliphatic rings. The predicted molar refractivity (Wildman–Crippen MR) is 133 cm³/mol. The summed E-state index contributed by atoms with van der Waals surface area (Å²) in [5, 5.41) is 10.9. The van der Waals surface area contributed by atoms with Crippen molar-refractivity contribution >= 4 is 11.5 Å². The lowest BCUT2D eigenvalue weighted by atomic mass is 9.92. The monoisotopic (exact) mass is 472 g/mol. The Morgan fingerprint density at radius 2 is 1.91 bits per heavy atom. The minimum atomic E-state index is -0.260. The highest BCUT2D eigenvalue weighted by Gasteiger charge is 2.31. The zero-order valence-electron chi connectivity index (χ0n) is 20.1. The Labute approximate surface area is 204 Å². The minimum absolute atomic E-state index is 0.0477. The third-order valence-corrected chi connectivity index (χ3v) is 6.61. The van der Waals surface area contributed by atoms with Crippen LogP contribution < -0.4 is 14.2 Å². The molecule has 3 aromatic rings. The number of carbonyl (C=O) groups excluding carboxylic acids is 1. The van der Waals surface area contributed by atoms with Crippen LogP contribution in [0.2, 0.25) is 0 Å². The van der Waals surface area contributed by atoms with Gasteiger partial charge in [-0.1, -0.05) is 31.2 Å². The molecule has 2 bridgehead atoms. The van der Waals surface area contributed by atoms with Crippen molar-refractivity contribution in [2.75, 3.05) is 13.7 Å². The van der Waals surface area contributed by atoms with Crippen LogP contribution in [-0.2, 0) is 22.6 Å². The highest BCUT2D eigenvalue weighted by molar-refractivity contribution is 5.91. The van der Waals surface area contributed by atoms with Gasteiger partial charge in [0.25, 0.3) is 0 Å². The highest BCUT2D eigenvalue weighted by Crippen LogP contribution is 2.54. The molecule has 180 valence electrons. The van der Waals surface area contributed by atoms with Gasteiger partial charge >= 0.3 is 5.97 Å². The van der Waals surface area contributed by atoms with Gasteiger partial charge in [0, 0.05) is 5.56 Å². The van der Waals surface area contributed by atoms with Crippen LogP contribution >= 0.6 is 0 Å². The Balaban J connectivity index is 1.39. The summed E-state index contributed by atoms with van der Waals surface area (Å²) < 4.78 is 22.8. The summed E-state index contributed by atoms with van der Waals surface area (Å²) in [6.45, 7) is 4.79. The zero-order chi connectivity index (χ0) is 24.5. The maximum Gasteiger partial charge on any atom is 0.314 e. The Hall–Kier alpha value is -3.77. The van der Waals surface area contributed by atoms with E-state index in [0.717, 1.165) is 40.9 Å². The molecule has 0 amide bonds. The van der Waals surface area contributed by atoms with Gasteiger partial charge in [-0.15, -0.1) is 0 Å². The van der Waals surface area contributed by atoms with E-state index in [4.69, 9.17) is 18.9 Å². The molecule has 35 heavy (non-hydrogen) atoms. The van der Waals surface area contributed by atoms with E-state index in [-0.39, 0.29) is 17.6 Å². The molecule has 5 rings (SSSR count). The number of benzene rings is 3. The van der Waals surface area contributed by atoms with Crippen LogP contribution in [-0.4, -0.2) is 24.8 Å². The molecular formula is C29H28O6. The van der Waals surface area contributed by atoms with Crippen molar-refractivity contribution in [3.8, 4) is 39.9 Å². The van der Waals surface area contributed by atoms with Crippen LogP contribution in [0.15, 0.2) is 54.6 Å². The van der Waals surface area contributed by atoms with E-state index in [1.165, 1.54) is 0 Å². The summed E-state index contributed by atoms with van der Waals surface area (Å²) in [6.07, 6.45) is 3.45. The third kappa shape index (κ3) is 4.49. The van der Waals surface area contributed by atoms with Gasteiger partial charge in [-0.25, -0.2) is 0 Å². The van der Waals surface area contributed by atoms with Crippen LogP contribution in [0, 0.1) is 5.92 Å². The van der Waals surface area contributed by atoms with Gasteiger partial charge in [0.1, 0.15) is 17.2 Å². The summed E-state index contributed by atoms with van der Waals surface area (Å²) in [6, 6.07) is 15.3. The number of methoxy groups -OCH3 is 1. The van der Waals surface area contributed by atoms with Crippen LogP contribution in [0.4, 0.5) is 0 Å². The van der Waals surface area contributed by atoms with Gasteiger partial charge in [0.2, 0.25) is 0 Å². The number of phenolic OH excluding ortho intramolecular Hbond substituents is 1. The minimum Gasteiger partial charge on any atom is -0.504 e. The molecule has 6 heteroatoms. The second kappa shape index (κ2) is 9.47. The Morgan fingerprint density at radius 3 is 2.69 bits per heavy atom. The second-order valence-electron chi connectivity index (χ2n) is 9.01. The first-order valence-corrected chi connectivity index (χ1v) is 11.7. The van der Waals surface area contributed by atoms with E-state index in [2.05, 4.69) is 0 Å². The number of aromatic hydroxyl groups is 1. The van der Waals surface area contributed by atoms with Gasteiger partial charge in [0.15, 0.2) is 11.5 Å². The Kier molecular flexibility index (Phi) is 6.22. The molecule has 0 radical (unpaired) electrons. The molecule has 2 aliphatic heterocycles. The topological polar surface area (TPSA) is 74.2 Å². The number of hydrogen-bond donors (Lipinski definition) is 1. The number of carbonyl (C=O) groups is 1. The maximum atomic E-state index is 12.5. The lowest BCUT2D eigenvalue weighted by Crippen LogP contribution is -2.16. The largest absolute Gasteiger partial charge is 0.504 e. The van der Waals surface area contributed by atoms with E-state index in [1.54, 1.807) is 7.11 Å². The number of hydrogen-bond acceptors (Lipinski definition) is 6. The lowest BCUT2D eigenvalue weighted by molar-refractivity contribution is -0.138. The van der Waals surface area contributed by atoms with Crippen molar-refractivity contribution < 1.29 is 28.8 Å². The van der Waals surface area contributed by atoms with E-state index in [0.29, 0.717) is 41.6 Å². The van der Waals surface area contributed by atoms with Crippen LogP contribution in [0.1, 0.15) is 37.0 Å². The summed E-state index contributed by atoms with van der Waals surface area (Å²) >= 11 is 0. The fourth-order valence-electron chi connectivity index (χ4n) is 4.38. The molecule has 6 nitrogen and oxygen atoms in total. The summed E-state index contributed by atoms with van der Waals surface area (Å²) in [4.78, 5) is 12.5. The molecular weight excluding hydrogens is 444 g/mol. The van der Waals surface area contributed by atoms with Gasteiger partial charge in [0.05, 0.1) is 31.8 Å². The van der Waals surface area contributed by atoms with Gasteiger partial charge < -0.3 is 24.1 Å². The number of ether oxygens (including phenoxy) is 4. The smallest absolute Gasteiger partial charge is 0.314 e. The fourth-order valence-corrected chi connectivity index (χ4v) is 4.38. The summed E-state index contributed by atoms with van der Waals surface area (Å²) in [7, 11) is 1.64. The standard InChI is InChI=1S/C29H28O6/c1-17(12-13-33-16-19-5-9-22(32-3)10-6-19)21-14-23-26-24(34-25(15-21)27(23)30)11-8-20-7-4-18(2)29(31)35-28(20)26/h5-6,8-12,14-15,18,30H,4,7,13,16H2,1-3H3/b17-12-/t18-/m1/s1. The highest BCUT2D eigenvalue weighted by atomic mass is 16.5. The number of phenols is 1. The van der Waals surface area contributed by atoms with Crippen molar-refractivity contribution in [2.24, 2.45) is 5.92 Å². The number of aryl methyl sites for hydroxylation is 1. The van der Waals surface area contributed by atoms with E-state index < -0.39 is 0 Å². The number of fused-ring (bicyclic) bond motifs is 6. The van der Waals surface area contributed by atoms with Gasteiger partial charge in [-0.2, -0.15) is 0 Å². The quantitative estimate of drug-likeness (QED) is 0.202. The Bertz CT molecular complexity index is 1310. The summed E-state index contributed by atoms with van der Waals surface area (Å²) in [5.41, 5.74) is 5.12. The van der Waals surface area contributed by atoms with Crippen molar-refractivity contribution in [1.82, 2.24) is 0 Å². The molecule has 0 spiro atoms. The number of allylic oxidation sites excluding steroid dienone is 1. The van der Waals surface area contributed by atoms with Gasteiger partial charge in [-0.3, -0.25) is 4.79 Å². The van der Waals surface area contributed by atoms with Crippen molar-refractivity contribution in [2.45, 2.75) is 33.3 Å². The molecule has 1 atom stereocenters. The molecule has 0 fully saturated rings. The average Bonchev–Trinajstić information content (AvgIpc) is 3.00. The third-order valence-electron chi connectivity index (χ3n) is 6.61. The van der Waals surface area contributed by atoms with E-state index in [9.17, 15) is 9.90 Å². The molecule has 0 unspecified atom stereocenters. The molecule has 0 saturated heterocycles. The van der Waals surface area contributed by atoms with Crippen LogP contribution in [0.25, 0.3) is 16.7 Å². The molecule has 0 aliphatic carbocycles. The fraction of sp³-hybridized carbons (Fsp3) is 0.276. The molecule has 0 aromatic heterocycles. The zero-order valence-corrected chi connectivity index (χ0v) is 20.1. The Morgan fingerprint density at radius 1 is 1.11 bits per heavy atom. The van der Waals surface area contributed by atoms with E-state index in [1.807, 2.05) is 68.5 Å². The summed E-state index contributed by atoms with van der Waals surface area (Å²) in [5.74, 6) is 1.86. The first kappa shape index (κ1) is 23.0. The lowest BCUT2D eigenvalue weighted by Gasteiger charge is -2.24. The normalized spacial score (nSPS) is 16.5. The number of rotatable bonds is 6. The average molecular weight is 473 g/mol. The molecule has 2 heterocycles. The first-order chi connectivity index (χ1) is 16.9. The molecule has 0 saturated carbocycles. The van der Waals surface area contributed by atoms with Crippen LogP contribution in [0.5, 0.6) is 28.7 Å². The maximum absolute atomic E-state index is 12.5. The van der Waals surface area contributed by atoms with Gasteiger partial charge in [-0.05, 0) is 72.4 Å². The van der Waals surface area contributed by atoms with Crippen molar-refractivity contribution in [3.05, 3.63) is 71.3 Å². The molecule has 3 aromatic carbocycles. The first-order valence-electron chi connectivity index (χ1n) is 11.7. The predicted octanol–water partition coefficient (Wildman–Crippen LogP) is 6.28. The van der Waals surface area contributed by atoms with Crippen LogP contribution in [0.3, 0.4) is 0 Å². The molecule has 1 N–H and O–H groups in total.